The van der Waals surface area contributed by atoms with E-state index in [0.717, 1.165) is 34.5 Å². The van der Waals surface area contributed by atoms with E-state index in [1.54, 1.807) is 6.92 Å². The molecule has 1 heterocycles. The molecule has 1 amide bonds. The molecule has 4 nitrogen and oxygen atoms in total. The normalized spacial score (nSPS) is 10.5. The molecule has 0 saturated heterocycles. The Labute approximate surface area is 131 Å². The lowest BCUT2D eigenvalue weighted by Gasteiger charge is -2.12. The van der Waals surface area contributed by atoms with E-state index >= 15 is 0 Å². The maximum atomic E-state index is 11.6. The summed E-state index contributed by atoms with van der Waals surface area (Å²) in [6.45, 7) is 7.62. The Morgan fingerprint density at radius 2 is 1.77 bits per heavy atom. The summed E-state index contributed by atoms with van der Waals surface area (Å²) < 4.78 is 0. The fourth-order valence-corrected chi connectivity index (χ4v) is 2.37. The highest BCUT2D eigenvalue weighted by molar-refractivity contribution is 5.90. The highest BCUT2D eigenvalue weighted by Crippen LogP contribution is 2.31. The Morgan fingerprint density at radius 1 is 1.14 bits per heavy atom. The fraction of sp³-hybridized carbons (Fsp3) is 0.333. The van der Waals surface area contributed by atoms with Gasteiger partial charge >= 0.3 is 0 Å². The second kappa shape index (κ2) is 6.60. The first-order valence-corrected chi connectivity index (χ1v) is 7.51. The van der Waals surface area contributed by atoms with Crippen molar-refractivity contribution in [3.63, 3.8) is 0 Å². The molecule has 0 saturated carbocycles. The number of nitrogens with one attached hydrogen (secondary N) is 1. The van der Waals surface area contributed by atoms with Gasteiger partial charge in [0.25, 0.3) is 0 Å². The number of pyridine rings is 1. The molecule has 2 N–H and O–H groups in total. The summed E-state index contributed by atoms with van der Waals surface area (Å²) in [6.07, 6.45) is 1.36. The van der Waals surface area contributed by atoms with Crippen LogP contribution in [0.5, 0.6) is 5.75 Å². The minimum Gasteiger partial charge on any atom is -0.506 e. The Balaban J connectivity index is 2.30. The first kappa shape index (κ1) is 16.0. The van der Waals surface area contributed by atoms with E-state index in [9.17, 15) is 9.90 Å². The van der Waals surface area contributed by atoms with Crippen molar-refractivity contribution < 1.29 is 9.90 Å². The molecule has 0 aliphatic carbocycles. The predicted molar refractivity (Wildman–Crippen MR) is 89.1 cm³/mol. The zero-order valence-electron chi connectivity index (χ0n) is 13.5. The average Bonchev–Trinajstić information content (AvgIpc) is 2.50. The number of benzene rings is 1. The van der Waals surface area contributed by atoms with Crippen LogP contribution in [0.2, 0.25) is 0 Å². The van der Waals surface area contributed by atoms with Gasteiger partial charge in [0.05, 0.1) is 11.4 Å². The van der Waals surface area contributed by atoms with E-state index < -0.39 is 0 Å². The zero-order chi connectivity index (χ0) is 16.3. The molecule has 0 unspecified atom stereocenters. The van der Waals surface area contributed by atoms with E-state index in [-0.39, 0.29) is 11.7 Å². The number of carbonyl (C=O) groups excluding carboxylic acids is 1. The maximum absolute atomic E-state index is 11.6. The van der Waals surface area contributed by atoms with Crippen molar-refractivity contribution in [2.75, 3.05) is 5.32 Å². The Bertz CT molecular complexity index is 691. The third-order valence-corrected chi connectivity index (χ3v) is 3.81. The number of hydrogen-bond donors (Lipinski definition) is 2. The second-order valence-corrected chi connectivity index (χ2v) is 5.52. The molecule has 0 fully saturated rings. The Morgan fingerprint density at radius 3 is 2.36 bits per heavy atom. The lowest BCUT2D eigenvalue weighted by molar-refractivity contribution is -0.116. The van der Waals surface area contributed by atoms with Crippen LogP contribution in [0.3, 0.4) is 0 Å². The third kappa shape index (κ3) is 3.27. The largest absolute Gasteiger partial charge is 0.506 e. The topological polar surface area (TPSA) is 62.2 Å². The van der Waals surface area contributed by atoms with E-state index in [2.05, 4.69) is 10.3 Å². The van der Waals surface area contributed by atoms with Gasteiger partial charge in [-0.15, -0.1) is 0 Å². The van der Waals surface area contributed by atoms with Crippen molar-refractivity contribution in [3.05, 3.63) is 41.1 Å². The number of anilines is 1. The van der Waals surface area contributed by atoms with Crippen LogP contribution in [0.1, 0.15) is 36.6 Å². The van der Waals surface area contributed by atoms with Crippen molar-refractivity contribution in [2.45, 2.75) is 40.5 Å². The Kier molecular flexibility index (Phi) is 4.81. The molecule has 0 radical (unpaired) electrons. The summed E-state index contributed by atoms with van der Waals surface area (Å²) in [5.41, 5.74) is 5.05. The molecule has 0 aliphatic heterocycles. The zero-order valence-corrected chi connectivity index (χ0v) is 13.5. The summed E-state index contributed by atoms with van der Waals surface area (Å²) in [7, 11) is 0. The fourth-order valence-electron chi connectivity index (χ4n) is 2.37. The van der Waals surface area contributed by atoms with E-state index in [4.69, 9.17) is 0 Å². The van der Waals surface area contributed by atoms with Crippen molar-refractivity contribution in [1.29, 1.82) is 0 Å². The number of rotatable bonds is 4. The van der Waals surface area contributed by atoms with Crippen LogP contribution in [-0.4, -0.2) is 16.0 Å². The molecule has 2 aromatic rings. The van der Waals surface area contributed by atoms with Crippen LogP contribution < -0.4 is 5.32 Å². The number of hydrogen-bond acceptors (Lipinski definition) is 3. The highest BCUT2D eigenvalue weighted by atomic mass is 16.3. The standard InChI is InChI=1S/C18H22N2O2/c1-5-6-16(21)20-15-9-7-14(8-10-15)17-11(2)12(3)18(22)13(4)19-17/h7-10,22H,5-6H2,1-4H3,(H,20,21). The summed E-state index contributed by atoms with van der Waals surface area (Å²) in [5.74, 6) is 0.283. The van der Waals surface area contributed by atoms with Crippen LogP contribution in [0, 0.1) is 20.8 Å². The molecule has 0 atom stereocenters. The smallest absolute Gasteiger partial charge is 0.224 e. The third-order valence-electron chi connectivity index (χ3n) is 3.81. The molecular weight excluding hydrogens is 276 g/mol. The van der Waals surface area contributed by atoms with Crippen molar-refractivity contribution in [1.82, 2.24) is 4.98 Å². The van der Waals surface area contributed by atoms with E-state index in [0.29, 0.717) is 12.1 Å². The quantitative estimate of drug-likeness (QED) is 0.892. The van der Waals surface area contributed by atoms with Gasteiger partial charge in [-0.3, -0.25) is 4.79 Å². The molecule has 0 bridgehead atoms. The molecular formula is C18H22N2O2. The summed E-state index contributed by atoms with van der Waals surface area (Å²) in [5, 5.41) is 12.8. The van der Waals surface area contributed by atoms with Gasteiger partial charge < -0.3 is 10.4 Å². The minimum absolute atomic E-state index is 0.0286. The first-order chi connectivity index (χ1) is 10.4. The molecule has 1 aromatic carbocycles. The lowest BCUT2D eigenvalue weighted by atomic mass is 10.0. The van der Waals surface area contributed by atoms with Crippen molar-refractivity contribution in [3.8, 4) is 17.0 Å². The van der Waals surface area contributed by atoms with Gasteiger partial charge in [0.2, 0.25) is 5.91 Å². The number of aromatic nitrogens is 1. The monoisotopic (exact) mass is 298 g/mol. The van der Waals surface area contributed by atoms with Crippen LogP contribution in [0.25, 0.3) is 11.3 Å². The SMILES string of the molecule is CCCC(=O)Nc1ccc(-c2nc(C)c(O)c(C)c2C)cc1. The van der Waals surface area contributed by atoms with Gasteiger partial charge in [-0.05, 0) is 50.5 Å². The Hall–Kier alpha value is -2.36. The minimum atomic E-state index is 0.0286. The molecule has 0 aliphatic rings. The number of amides is 1. The van der Waals surface area contributed by atoms with Gasteiger partial charge in [0, 0.05) is 17.7 Å². The van der Waals surface area contributed by atoms with Gasteiger partial charge in [0.15, 0.2) is 0 Å². The molecule has 116 valence electrons. The number of nitrogens with zero attached hydrogens (tertiary/aromatic N) is 1. The van der Waals surface area contributed by atoms with Gasteiger partial charge in [-0.2, -0.15) is 0 Å². The van der Waals surface area contributed by atoms with Crippen LogP contribution in [0.15, 0.2) is 24.3 Å². The average molecular weight is 298 g/mol. The maximum Gasteiger partial charge on any atom is 0.224 e. The highest BCUT2D eigenvalue weighted by Gasteiger charge is 2.12. The summed E-state index contributed by atoms with van der Waals surface area (Å²) in [6, 6.07) is 7.63. The van der Waals surface area contributed by atoms with E-state index in [1.165, 1.54) is 0 Å². The number of aromatic hydroxyl groups is 1. The second-order valence-electron chi connectivity index (χ2n) is 5.52. The van der Waals surface area contributed by atoms with Gasteiger partial charge in [0.1, 0.15) is 5.75 Å². The van der Waals surface area contributed by atoms with Gasteiger partial charge in [-0.1, -0.05) is 19.1 Å². The number of aryl methyl sites for hydroxylation is 1. The van der Waals surface area contributed by atoms with Crippen LogP contribution in [-0.2, 0) is 4.79 Å². The molecule has 0 spiro atoms. The summed E-state index contributed by atoms with van der Waals surface area (Å²) >= 11 is 0. The molecule has 2 rings (SSSR count). The van der Waals surface area contributed by atoms with Crippen molar-refractivity contribution in [2.24, 2.45) is 0 Å². The molecule has 22 heavy (non-hydrogen) atoms. The van der Waals surface area contributed by atoms with Crippen LogP contribution in [0.4, 0.5) is 5.69 Å². The molecule has 1 aromatic heterocycles. The lowest BCUT2D eigenvalue weighted by Crippen LogP contribution is -2.10. The summed E-state index contributed by atoms with van der Waals surface area (Å²) in [4.78, 5) is 16.1. The first-order valence-electron chi connectivity index (χ1n) is 7.51. The van der Waals surface area contributed by atoms with Crippen LogP contribution >= 0.6 is 0 Å². The van der Waals surface area contributed by atoms with Gasteiger partial charge in [-0.25, -0.2) is 4.98 Å². The molecule has 4 heteroatoms. The predicted octanol–water partition coefficient (Wildman–Crippen LogP) is 4.12. The van der Waals surface area contributed by atoms with E-state index in [1.807, 2.05) is 45.0 Å². The van der Waals surface area contributed by atoms with Crippen molar-refractivity contribution >= 4 is 11.6 Å². The number of carbonyl (C=O) groups is 1.